The highest BCUT2D eigenvalue weighted by molar-refractivity contribution is 9.10. The van der Waals surface area contributed by atoms with Crippen LogP contribution >= 0.6 is 15.9 Å². The van der Waals surface area contributed by atoms with Crippen LogP contribution in [0.1, 0.15) is 38.3 Å². The van der Waals surface area contributed by atoms with Crippen molar-refractivity contribution in [1.82, 2.24) is 4.72 Å². The van der Waals surface area contributed by atoms with Gasteiger partial charge in [0.1, 0.15) is 5.75 Å². The summed E-state index contributed by atoms with van der Waals surface area (Å²) in [7, 11) is -3.52. The van der Waals surface area contributed by atoms with Gasteiger partial charge in [0.15, 0.2) is 6.61 Å². The van der Waals surface area contributed by atoms with Crippen molar-refractivity contribution in [1.29, 1.82) is 0 Å². The molecule has 6 nitrogen and oxygen atoms in total. The van der Waals surface area contributed by atoms with Crippen LogP contribution in [-0.4, -0.2) is 27.5 Å². The van der Waals surface area contributed by atoms with Gasteiger partial charge in [-0.15, -0.1) is 0 Å². The van der Waals surface area contributed by atoms with Gasteiger partial charge in [-0.1, -0.05) is 36.7 Å². The molecule has 0 aromatic heterocycles. The third-order valence-electron chi connectivity index (χ3n) is 4.34. The average molecular weight is 483 g/mol. The van der Waals surface area contributed by atoms with Crippen LogP contribution in [0.4, 0.5) is 5.69 Å². The monoisotopic (exact) mass is 482 g/mol. The van der Waals surface area contributed by atoms with E-state index < -0.39 is 10.0 Å². The maximum atomic E-state index is 12.4. The highest BCUT2D eigenvalue weighted by Crippen LogP contribution is 2.27. The van der Waals surface area contributed by atoms with Crippen molar-refractivity contribution in [2.24, 2.45) is 0 Å². The Morgan fingerprint density at radius 2 is 1.62 bits per heavy atom. The molecule has 0 saturated carbocycles. The van der Waals surface area contributed by atoms with Gasteiger partial charge < -0.3 is 10.1 Å². The molecule has 0 bridgehead atoms. The first-order valence-corrected chi connectivity index (χ1v) is 11.9. The average Bonchev–Trinajstić information content (AvgIpc) is 2.71. The van der Waals surface area contributed by atoms with Crippen molar-refractivity contribution < 1.29 is 17.9 Å². The molecule has 2 N–H and O–H groups in total. The van der Waals surface area contributed by atoms with E-state index in [1.165, 1.54) is 12.1 Å². The molecule has 0 spiro atoms. The predicted octanol–water partition coefficient (Wildman–Crippen LogP) is 4.28. The largest absolute Gasteiger partial charge is 0.484 e. The molecule has 158 valence electrons. The number of benzene rings is 2. The topological polar surface area (TPSA) is 84.5 Å². The van der Waals surface area contributed by atoms with Crippen LogP contribution in [-0.2, 0) is 27.7 Å². The molecule has 29 heavy (non-hydrogen) atoms. The maximum absolute atomic E-state index is 12.4. The van der Waals surface area contributed by atoms with Crippen LogP contribution in [0.25, 0.3) is 0 Å². The normalized spacial score (nSPS) is 11.3. The Kier molecular flexibility index (Phi) is 8.67. The standard InChI is InChI=1S/C21H27BrN2O4S/c1-4-11-23-29(26,27)19-9-7-18(8-10-19)28-14-20(25)24-21-15(5-2)12-17(22)13-16(21)6-3/h7-10,12-13,23H,4-6,11,14H2,1-3H3,(H,24,25). The van der Waals surface area contributed by atoms with E-state index >= 15 is 0 Å². The van der Waals surface area contributed by atoms with Crippen molar-refractivity contribution in [3.8, 4) is 5.75 Å². The number of halogens is 1. The minimum atomic E-state index is -3.52. The predicted molar refractivity (Wildman–Crippen MR) is 119 cm³/mol. The summed E-state index contributed by atoms with van der Waals surface area (Å²) in [6.07, 6.45) is 2.31. The summed E-state index contributed by atoms with van der Waals surface area (Å²) in [5.74, 6) is 0.162. The van der Waals surface area contributed by atoms with Crippen LogP contribution in [0.15, 0.2) is 45.8 Å². The number of aryl methyl sites for hydroxylation is 2. The first-order valence-electron chi connectivity index (χ1n) is 9.64. The van der Waals surface area contributed by atoms with Gasteiger partial charge in [-0.25, -0.2) is 13.1 Å². The minimum Gasteiger partial charge on any atom is -0.484 e. The Morgan fingerprint density at radius 1 is 1.03 bits per heavy atom. The van der Waals surface area contributed by atoms with Crippen molar-refractivity contribution in [3.63, 3.8) is 0 Å². The zero-order chi connectivity index (χ0) is 21.4. The number of nitrogens with one attached hydrogen (secondary N) is 2. The highest BCUT2D eigenvalue weighted by atomic mass is 79.9. The molecule has 0 fully saturated rings. The SMILES string of the molecule is CCCNS(=O)(=O)c1ccc(OCC(=O)Nc2c(CC)cc(Br)cc2CC)cc1. The number of anilines is 1. The Bertz CT molecular complexity index is 919. The molecule has 2 aromatic rings. The molecular formula is C21H27BrN2O4S. The molecule has 0 radical (unpaired) electrons. The van der Waals surface area contributed by atoms with Gasteiger partial charge in [0.2, 0.25) is 10.0 Å². The number of ether oxygens (including phenoxy) is 1. The summed E-state index contributed by atoms with van der Waals surface area (Å²) in [6, 6.07) is 10.0. The fraction of sp³-hybridized carbons (Fsp3) is 0.381. The second-order valence-corrected chi connectivity index (χ2v) is 9.19. The zero-order valence-corrected chi connectivity index (χ0v) is 19.3. The Labute approximate surface area is 181 Å². The molecule has 0 aliphatic heterocycles. The third kappa shape index (κ3) is 6.55. The lowest BCUT2D eigenvalue weighted by molar-refractivity contribution is -0.118. The van der Waals surface area contributed by atoms with E-state index in [2.05, 4.69) is 26.0 Å². The van der Waals surface area contributed by atoms with Crippen LogP contribution in [0.2, 0.25) is 0 Å². The van der Waals surface area contributed by atoms with E-state index in [0.717, 1.165) is 34.1 Å². The number of rotatable bonds is 10. The van der Waals surface area contributed by atoms with Gasteiger partial charge in [0, 0.05) is 16.7 Å². The maximum Gasteiger partial charge on any atom is 0.262 e. The fourth-order valence-electron chi connectivity index (χ4n) is 2.80. The fourth-order valence-corrected chi connectivity index (χ4v) is 4.49. The molecule has 0 atom stereocenters. The number of carbonyl (C=O) groups excluding carboxylic acids is 1. The summed E-state index contributed by atoms with van der Waals surface area (Å²) in [4.78, 5) is 12.6. The Hall–Kier alpha value is -1.90. The number of sulfonamides is 1. The molecular weight excluding hydrogens is 456 g/mol. The number of hydrogen-bond acceptors (Lipinski definition) is 4. The first-order chi connectivity index (χ1) is 13.8. The van der Waals surface area contributed by atoms with Gasteiger partial charge in [0.05, 0.1) is 4.90 Å². The van der Waals surface area contributed by atoms with Crippen molar-refractivity contribution in [2.45, 2.75) is 44.9 Å². The quantitative estimate of drug-likeness (QED) is 0.529. The minimum absolute atomic E-state index is 0.164. The van der Waals surface area contributed by atoms with Gasteiger partial charge in [-0.3, -0.25) is 4.79 Å². The highest BCUT2D eigenvalue weighted by Gasteiger charge is 2.14. The third-order valence-corrected chi connectivity index (χ3v) is 6.27. The summed E-state index contributed by atoms with van der Waals surface area (Å²) in [6.45, 7) is 6.20. The van der Waals surface area contributed by atoms with E-state index in [1.807, 2.05) is 32.9 Å². The summed E-state index contributed by atoms with van der Waals surface area (Å²) in [5.41, 5.74) is 2.94. The smallest absolute Gasteiger partial charge is 0.262 e. The van der Waals surface area contributed by atoms with Gasteiger partial charge in [-0.05, 0) is 66.8 Å². The molecule has 2 aromatic carbocycles. The zero-order valence-electron chi connectivity index (χ0n) is 16.9. The summed E-state index contributed by atoms with van der Waals surface area (Å²) < 4.78 is 33.2. The molecule has 0 aliphatic rings. The van der Waals surface area contributed by atoms with E-state index in [1.54, 1.807) is 12.1 Å². The Morgan fingerprint density at radius 3 is 2.14 bits per heavy atom. The lowest BCUT2D eigenvalue weighted by atomic mass is 10.0. The van der Waals surface area contributed by atoms with Gasteiger partial charge >= 0.3 is 0 Å². The molecule has 0 saturated heterocycles. The van der Waals surface area contributed by atoms with Crippen LogP contribution in [0.3, 0.4) is 0 Å². The molecule has 2 rings (SSSR count). The second-order valence-electron chi connectivity index (χ2n) is 6.51. The van der Waals surface area contributed by atoms with Crippen LogP contribution < -0.4 is 14.8 Å². The van der Waals surface area contributed by atoms with E-state index in [-0.39, 0.29) is 17.4 Å². The number of carbonyl (C=O) groups is 1. The van der Waals surface area contributed by atoms with Crippen molar-refractivity contribution in [3.05, 3.63) is 52.0 Å². The molecule has 0 unspecified atom stereocenters. The Balaban J connectivity index is 2.02. The van der Waals surface area contributed by atoms with E-state index in [0.29, 0.717) is 18.7 Å². The lowest BCUT2D eigenvalue weighted by Crippen LogP contribution is -2.24. The lowest BCUT2D eigenvalue weighted by Gasteiger charge is -2.15. The van der Waals surface area contributed by atoms with Crippen molar-refractivity contribution >= 4 is 37.5 Å². The van der Waals surface area contributed by atoms with Crippen LogP contribution in [0, 0.1) is 0 Å². The molecule has 0 heterocycles. The molecule has 8 heteroatoms. The van der Waals surface area contributed by atoms with E-state index in [4.69, 9.17) is 4.74 Å². The summed E-state index contributed by atoms with van der Waals surface area (Å²) in [5, 5.41) is 2.95. The van der Waals surface area contributed by atoms with Crippen molar-refractivity contribution in [2.75, 3.05) is 18.5 Å². The van der Waals surface area contributed by atoms with Gasteiger partial charge in [-0.2, -0.15) is 0 Å². The van der Waals surface area contributed by atoms with Gasteiger partial charge in [0.25, 0.3) is 5.91 Å². The number of amides is 1. The first kappa shape index (κ1) is 23.4. The summed E-state index contributed by atoms with van der Waals surface area (Å²) >= 11 is 3.51. The molecule has 0 aliphatic carbocycles. The number of hydrogen-bond donors (Lipinski definition) is 2. The molecule has 1 amide bonds. The second kappa shape index (κ2) is 10.8. The van der Waals surface area contributed by atoms with E-state index in [9.17, 15) is 13.2 Å². The van der Waals surface area contributed by atoms with Crippen LogP contribution in [0.5, 0.6) is 5.75 Å².